The van der Waals surface area contributed by atoms with Crippen molar-refractivity contribution in [2.24, 2.45) is 9.98 Å². The van der Waals surface area contributed by atoms with Gasteiger partial charge in [-0.15, -0.1) is 0 Å². The van der Waals surface area contributed by atoms with Gasteiger partial charge in [0.15, 0.2) is 16.9 Å². The van der Waals surface area contributed by atoms with Crippen LogP contribution in [0.25, 0.3) is 0 Å². The van der Waals surface area contributed by atoms with Crippen LogP contribution in [0.15, 0.2) is 22.1 Å². The average Bonchev–Trinajstić information content (AvgIpc) is 2.53. The van der Waals surface area contributed by atoms with E-state index in [1.54, 1.807) is 12.1 Å². The Morgan fingerprint density at radius 2 is 1.90 bits per heavy atom. The molecule has 1 aliphatic heterocycles. The van der Waals surface area contributed by atoms with Crippen molar-refractivity contribution in [2.75, 3.05) is 27.9 Å². The zero-order chi connectivity index (χ0) is 15.5. The van der Waals surface area contributed by atoms with Crippen LogP contribution in [-0.4, -0.2) is 51.5 Å². The maximum atomic E-state index is 11.8. The summed E-state index contributed by atoms with van der Waals surface area (Å²) in [6, 6.07) is 3.26. The highest BCUT2D eigenvalue weighted by molar-refractivity contribution is 6.05. The SMILES string of the molecule is COc1ccc(C2(C(=O)O)C=NC=NC2)c(OC)c1OC. The van der Waals surface area contributed by atoms with Crippen LogP contribution in [0.2, 0.25) is 0 Å². The highest BCUT2D eigenvalue weighted by atomic mass is 16.5. The van der Waals surface area contributed by atoms with Gasteiger partial charge in [-0.2, -0.15) is 0 Å². The van der Waals surface area contributed by atoms with E-state index >= 15 is 0 Å². The molecule has 2 rings (SSSR count). The molecule has 1 heterocycles. The third-order valence-corrected chi connectivity index (χ3v) is 3.35. The molecule has 7 heteroatoms. The number of nitrogens with zero attached hydrogens (tertiary/aromatic N) is 2. The van der Waals surface area contributed by atoms with Crippen molar-refractivity contribution in [3.63, 3.8) is 0 Å². The van der Waals surface area contributed by atoms with Crippen molar-refractivity contribution in [3.8, 4) is 17.2 Å². The van der Waals surface area contributed by atoms with E-state index < -0.39 is 11.4 Å². The molecule has 1 aliphatic rings. The molecule has 0 saturated carbocycles. The highest BCUT2D eigenvalue weighted by Crippen LogP contribution is 2.44. The summed E-state index contributed by atoms with van der Waals surface area (Å²) in [6.07, 6.45) is 2.68. The molecule has 0 bridgehead atoms. The standard InChI is InChI=1S/C14H16N2O5/c1-19-10-5-4-9(11(20-2)12(10)21-3)14(13(17)18)6-15-8-16-7-14/h4-6,8H,7H2,1-3H3,(H,17,18). The number of carbonyl (C=O) groups is 1. The van der Waals surface area contributed by atoms with Crippen molar-refractivity contribution in [2.45, 2.75) is 5.41 Å². The van der Waals surface area contributed by atoms with Crippen LogP contribution in [0.1, 0.15) is 5.56 Å². The van der Waals surface area contributed by atoms with Gasteiger partial charge in [0.1, 0.15) is 6.34 Å². The second kappa shape index (κ2) is 5.82. The summed E-state index contributed by atoms with van der Waals surface area (Å²) in [5.41, 5.74) is -0.977. The average molecular weight is 292 g/mol. The molecule has 0 saturated heterocycles. The van der Waals surface area contributed by atoms with Crippen LogP contribution in [-0.2, 0) is 10.2 Å². The Labute approximate surface area is 121 Å². The highest BCUT2D eigenvalue weighted by Gasteiger charge is 2.43. The first-order valence-corrected chi connectivity index (χ1v) is 6.16. The number of benzene rings is 1. The van der Waals surface area contributed by atoms with E-state index in [0.717, 1.165) is 0 Å². The Balaban J connectivity index is 2.70. The van der Waals surface area contributed by atoms with Crippen molar-refractivity contribution in [1.82, 2.24) is 0 Å². The number of aliphatic carboxylic acids is 1. The lowest BCUT2D eigenvalue weighted by Gasteiger charge is -2.28. The largest absolute Gasteiger partial charge is 0.493 e. The first kappa shape index (κ1) is 14.8. The van der Waals surface area contributed by atoms with Crippen LogP contribution in [0.4, 0.5) is 0 Å². The zero-order valence-corrected chi connectivity index (χ0v) is 12.0. The molecule has 0 radical (unpaired) electrons. The van der Waals surface area contributed by atoms with Crippen molar-refractivity contribution < 1.29 is 24.1 Å². The smallest absolute Gasteiger partial charge is 0.321 e. The normalized spacial score (nSPS) is 20.1. The summed E-state index contributed by atoms with van der Waals surface area (Å²) in [5.74, 6) is 0.0207. The number of methoxy groups -OCH3 is 3. The van der Waals surface area contributed by atoms with Gasteiger partial charge in [-0.05, 0) is 12.1 Å². The van der Waals surface area contributed by atoms with E-state index in [1.807, 2.05) is 0 Å². The minimum atomic E-state index is -1.39. The van der Waals surface area contributed by atoms with Crippen molar-refractivity contribution in [1.29, 1.82) is 0 Å². The Hall–Kier alpha value is -2.57. The Morgan fingerprint density at radius 1 is 1.19 bits per heavy atom. The lowest BCUT2D eigenvalue weighted by Crippen LogP contribution is -2.42. The predicted molar refractivity (Wildman–Crippen MR) is 77.3 cm³/mol. The third-order valence-electron chi connectivity index (χ3n) is 3.35. The fourth-order valence-corrected chi connectivity index (χ4v) is 2.28. The summed E-state index contributed by atoms with van der Waals surface area (Å²) in [5, 5.41) is 9.66. The van der Waals surface area contributed by atoms with Gasteiger partial charge in [-0.3, -0.25) is 9.79 Å². The Morgan fingerprint density at radius 3 is 2.38 bits per heavy atom. The molecule has 7 nitrogen and oxygen atoms in total. The van der Waals surface area contributed by atoms with Gasteiger partial charge < -0.3 is 19.3 Å². The molecule has 0 aromatic heterocycles. The van der Waals surface area contributed by atoms with E-state index in [9.17, 15) is 9.90 Å². The van der Waals surface area contributed by atoms with E-state index in [-0.39, 0.29) is 6.54 Å². The molecule has 0 spiro atoms. The fourth-order valence-electron chi connectivity index (χ4n) is 2.28. The summed E-state index contributed by atoms with van der Waals surface area (Å²) in [7, 11) is 4.40. The number of carboxylic acid groups (broad SMARTS) is 1. The van der Waals surface area contributed by atoms with E-state index in [4.69, 9.17) is 14.2 Å². The van der Waals surface area contributed by atoms with E-state index in [2.05, 4.69) is 9.98 Å². The van der Waals surface area contributed by atoms with Crippen LogP contribution >= 0.6 is 0 Å². The molecular formula is C14H16N2O5. The van der Waals surface area contributed by atoms with Gasteiger partial charge in [-0.1, -0.05) is 0 Å². The molecule has 1 aromatic carbocycles. The summed E-state index contributed by atoms with van der Waals surface area (Å²) in [4.78, 5) is 19.7. The number of rotatable bonds is 5. The number of aliphatic imine (C=N–C) groups is 2. The molecule has 112 valence electrons. The number of ether oxygens (including phenoxy) is 3. The Kier molecular flexibility index (Phi) is 4.11. The predicted octanol–water partition coefficient (Wildman–Crippen LogP) is 1.15. The number of hydrogen-bond donors (Lipinski definition) is 1. The van der Waals surface area contributed by atoms with Gasteiger partial charge in [0.2, 0.25) is 5.75 Å². The van der Waals surface area contributed by atoms with Gasteiger partial charge in [0.05, 0.1) is 27.9 Å². The lowest BCUT2D eigenvalue weighted by atomic mass is 9.80. The van der Waals surface area contributed by atoms with Gasteiger partial charge in [-0.25, -0.2) is 4.99 Å². The van der Waals surface area contributed by atoms with Gasteiger partial charge >= 0.3 is 5.97 Å². The molecule has 1 atom stereocenters. The minimum Gasteiger partial charge on any atom is -0.493 e. The van der Waals surface area contributed by atoms with Crippen LogP contribution in [0.3, 0.4) is 0 Å². The quantitative estimate of drug-likeness (QED) is 0.879. The van der Waals surface area contributed by atoms with E-state index in [0.29, 0.717) is 22.8 Å². The second-order valence-electron chi connectivity index (χ2n) is 4.39. The summed E-state index contributed by atoms with van der Waals surface area (Å²) in [6.45, 7) is 0.0394. The summed E-state index contributed by atoms with van der Waals surface area (Å²) < 4.78 is 15.8. The number of carboxylic acids is 1. The Bertz CT molecular complexity index is 612. The first-order valence-electron chi connectivity index (χ1n) is 6.16. The molecule has 1 aromatic rings. The second-order valence-corrected chi connectivity index (χ2v) is 4.39. The lowest BCUT2D eigenvalue weighted by molar-refractivity contribution is -0.140. The van der Waals surface area contributed by atoms with Crippen LogP contribution < -0.4 is 14.2 Å². The maximum absolute atomic E-state index is 11.8. The molecule has 1 unspecified atom stereocenters. The molecule has 0 aliphatic carbocycles. The van der Waals surface area contributed by atoms with Crippen molar-refractivity contribution in [3.05, 3.63) is 17.7 Å². The monoisotopic (exact) mass is 292 g/mol. The van der Waals surface area contributed by atoms with Gasteiger partial charge in [0, 0.05) is 11.8 Å². The minimum absolute atomic E-state index is 0.0394. The zero-order valence-electron chi connectivity index (χ0n) is 12.0. The molecule has 0 fully saturated rings. The maximum Gasteiger partial charge on any atom is 0.321 e. The third kappa shape index (κ3) is 2.31. The topological polar surface area (TPSA) is 89.7 Å². The molecule has 0 amide bonds. The molecule has 21 heavy (non-hydrogen) atoms. The molecular weight excluding hydrogens is 276 g/mol. The van der Waals surface area contributed by atoms with E-state index in [1.165, 1.54) is 33.9 Å². The summed E-state index contributed by atoms with van der Waals surface area (Å²) >= 11 is 0. The molecule has 1 N–H and O–H groups in total. The van der Waals surface area contributed by atoms with Crippen LogP contribution in [0, 0.1) is 0 Å². The van der Waals surface area contributed by atoms with Gasteiger partial charge in [0.25, 0.3) is 0 Å². The van der Waals surface area contributed by atoms with Crippen molar-refractivity contribution >= 4 is 18.5 Å². The first-order chi connectivity index (χ1) is 10.1. The van der Waals surface area contributed by atoms with Crippen LogP contribution in [0.5, 0.6) is 17.2 Å². The fraction of sp³-hybridized carbons (Fsp3) is 0.357. The number of hydrogen-bond acceptors (Lipinski definition) is 6.